The molecule has 0 saturated carbocycles. The summed E-state index contributed by atoms with van der Waals surface area (Å²) >= 11 is 0. The van der Waals surface area contributed by atoms with Gasteiger partial charge in [0.15, 0.2) is 5.75 Å². The summed E-state index contributed by atoms with van der Waals surface area (Å²) in [7, 11) is 0. The summed E-state index contributed by atoms with van der Waals surface area (Å²) in [5, 5.41) is 4.55. The Balaban J connectivity index is 1.62. The Labute approximate surface area is 187 Å². The van der Waals surface area contributed by atoms with Crippen molar-refractivity contribution in [2.45, 2.75) is 19.2 Å². The number of carbonyl (C=O) groups is 1. The number of nitrogens with two attached hydrogens (primary N) is 1. The van der Waals surface area contributed by atoms with E-state index in [0.717, 1.165) is 38.5 Å². The third kappa shape index (κ3) is 7.36. The highest BCUT2D eigenvalue weighted by molar-refractivity contribution is 5.99. The summed E-state index contributed by atoms with van der Waals surface area (Å²) in [6, 6.07) is 4.19. The number of carbonyl (C=O) groups excluding carboxylic acids is 1. The fraction of sp³-hybridized carbons (Fsp3) is 0.450. The molecule has 5 N–H and O–H groups in total. The number of H-pyrrole nitrogens is 1. The van der Waals surface area contributed by atoms with Gasteiger partial charge in [-0.2, -0.15) is 0 Å². The molecule has 0 radical (unpaired) electrons. The van der Waals surface area contributed by atoms with Crippen LogP contribution in [0.1, 0.15) is 12.8 Å². The summed E-state index contributed by atoms with van der Waals surface area (Å²) in [4.78, 5) is 35.6. The zero-order valence-corrected chi connectivity index (χ0v) is 17.8. The lowest BCUT2D eigenvalue weighted by molar-refractivity contribution is -0.274. The number of hydrogen-bond acceptors (Lipinski definition) is 7. The van der Waals surface area contributed by atoms with Gasteiger partial charge in [-0.1, -0.05) is 12.1 Å². The molecule has 1 aromatic heterocycles. The molecule has 10 nitrogen and oxygen atoms in total. The highest BCUT2D eigenvalue weighted by Gasteiger charge is 2.32. The van der Waals surface area contributed by atoms with Gasteiger partial charge in [0, 0.05) is 19.6 Å². The molecule has 2 amide bonds. The average molecular weight is 469 g/mol. The van der Waals surface area contributed by atoms with E-state index in [1.54, 1.807) is 0 Å². The number of urea groups is 1. The maximum atomic E-state index is 12.6. The number of benzene rings is 1. The first-order chi connectivity index (χ1) is 15.7. The highest BCUT2D eigenvalue weighted by atomic mass is 19.4. The monoisotopic (exact) mass is 469 g/mol. The predicted molar refractivity (Wildman–Crippen MR) is 118 cm³/mol. The molecule has 2 aromatic rings. The summed E-state index contributed by atoms with van der Waals surface area (Å²) in [5.41, 5.74) is 5.32. The smallest absolute Gasteiger partial charge is 0.404 e. The quantitative estimate of drug-likeness (QED) is 0.489. The summed E-state index contributed by atoms with van der Waals surface area (Å²) < 4.78 is 41.5. The minimum atomic E-state index is -4.91. The SMILES string of the molecule is NCCCN1CCCN(c2cnc(NC(=O)Nc3ccccc3OC(F)(F)F)[nH]c2=O)CC1. The summed E-state index contributed by atoms with van der Waals surface area (Å²) in [6.07, 6.45) is -1.75. The van der Waals surface area contributed by atoms with Crippen LogP contribution in [0.15, 0.2) is 35.3 Å². The van der Waals surface area contributed by atoms with Gasteiger partial charge < -0.3 is 25.6 Å². The number of aromatic amines is 1. The maximum absolute atomic E-state index is 12.6. The van der Waals surface area contributed by atoms with E-state index in [1.165, 1.54) is 24.4 Å². The number of nitrogens with zero attached hydrogens (tertiary/aromatic N) is 3. The maximum Gasteiger partial charge on any atom is 0.573 e. The molecule has 0 spiro atoms. The van der Waals surface area contributed by atoms with Gasteiger partial charge in [0.05, 0.1) is 11.9 Å². The highest BCUT2D eigenvalue weighted by Crippen LogP contribution is 2.29. The first-order valence-electron chi connectivity index (χ1n) is 10.4. The van der Waals surface area contributed by atoms with E-state index in [9.17, 15) is 22.8 Å². The van der Waals surface area contributed by atoms with Crippen molar-refractivity contribution in [2.24, 2.45) is 5.73 Å². The first kappa shape index (κ1) is 24.3. The lowest BCUT2D eigenvalue weighted by Crippen LogP contribution is -2.35. The molecule has 0 unspecified atom stereocenters. The van der Waals surface area contributed by atoms with Crippen LogP contribution in [0.3, 0.4) is 0 Å². The van der Waals surface area contributed by atoms with Crippen molar-refractivity contribution in [3.8, 4) is 5.75 Å². The minimum absolute atomic E-state index is 0.144. The Kier molecular flexibility index (Phi) is 8.11. The van der Waals surface area contributed by atoms with E-state index >= 15 is 0 Å². The molecule has 0 bridgehead atoms. The molecule has 1 fully saturated rings. The predicted octanol–water partition coefficient (Wildman–Crippen LogP) is 2.17. The van der Waals surface area contributed by atoms with Crippen molar-refractivity contribution < 1.29 is 22.7 Å². The lowest BCUT2D eigenvalue weighted by Gasteiger charge is -2.22. The molecular formula is C20H26F3N7O3. The zero-order valence-electron chi connectivity index (χ0n) is 17.8. The summed E-state index contributed by atoms with van der Waals surface area (Å²) in [6.45, 7) is 4.59. The van der Waals surface area contributed by atoms with Crippen LogP contribution in [0.2, 0.25) is 0 Å². The van der Waals surface area contributed by atoms with Crippen LogP contribution in [0, 0.1) is 0 Å². The van der Waals surface area contributed by atoms with Crippen LogP contribution >= 0.6 is 0 Å². The number of halogens is 3. The Morgan fingerprint density at radius 1 is 1.18 bits per heavy atom. The van der Waals surface area contributed by atoms with Crippen molar-refractivity contribution >= 4 is 23.4 Å². The van der Waals surface area contributed by atoms with Crippen LogP contribution < -0.4 is 31.6 Å². The standard InChI is InChI=1S/C20H26F3N7O3/c21-20(22,23)33-16-6-2-1-5-14(16)26-19(32)28-18-25-13-15(17(31)27-18)30-10-4-9-29(11-12-30)8-3-7-24/h1-2,5-6,13H,3-4,7-12,24H2,(H3,25,26,27,28,31,32). The van der Waals surface area contributed by atoms with Gasteiger partial charge in [-0.15, -0.1) is 13.2 Å². The molecule has 3 rings (SSSR count). The van der Waals surface area contributed by atoms with Crippen LogP contribution in [-0.4, -0.2) is 66.5 Å². The number of alkyl halides is 3. The van der Waals surface area contributed by atoms with Gasteiger partial charge in [0.1, 0.15) is 5.69 Å². The Morgan fingerprint density at radius 3 is 2.70 bits per heavy atom. The second-order valence-corrected chi connectivity index (χ2v) is 7.39. The molecule has 33 heavy (non-hydrogen) atoms. The van der Waals surface area contributed by atoms with Crippen molar-refractivity contribution in [3.63, 3.8) is 0 Å². The number of ether oxygens (including phenoxy) is 1. The molecule has 2 heterocycles. The molecule has 1 aliphatic rings. The van der Waals surface area contributed by atoms with Gasteiger partial charge in [-0.25, -0.2) is 9.78 Å². The van der Waals surface area contributed by atoms with Gasteiger partial charge >= 0.3 is 12.4 Å². The normalized spacial score (nSPS) is 15.1. The Morgan fingerprint density at radius 2 is 1.97 bits per heavy atom. The molecule has 1 aromatic carbocycles. The molecular weight excluding hydrogens is 443 g/mol. The van der Waals surface area contributed by atoms with E-state index in [0.29, 0.717) is 25.3 Å². The second kappa shape index (κ2) is 11.0. The molecule has 0 atom stereocenters. The average Bonchev–Trinajstić information content (AvgIpc) is 2.98. The van der Waals surface area contributed by atoms with Crippen molar-refractivity contribution in [1.29, 1.82) is 0 Å². The van der Waals surface area contributed by atoms with E-state index < -0.39 is 23.7 Å². The van der Waals surface area contributed by atoms with Gasteiger partial charge in [0.2, 0.25) is 5.95 Å². The number of nitrogens with one attached hydrogen (secondary N) is 3. The number of rotatable bonds is 7. The first-order valence-corrected chi connectivity index (χ1v) is 10.4. The molecule has 180 valence electrons. The number of anilines is 3. The van der Waals surface area contributed by atoms with Crippen LogP contribution in [0.25, 0.3) is 0 Å². The topological polar surface area (TPSA) is 129 Å². The van der Waals surface area contributed by atoms with E-state index in [1.807, 2.05) is 4.90 Å². The second-order valence-electron chi connectivity index (χ2n) is 7.39. The Bertz CT molecular complexity index is 999. The fourth-order valence-electron chi connectivity index (χ4n) is 3.47. The summed E-state index contributed by atoms with van der Waals surface area (Å²) in [5.74, 6) is -0.714. The third-order valence-electron chi connectivity index (χ3n) is 4.98. The van der Waals surface area contributed by atoms with Crippen LogP contribution in [-0.2, 0) is 0 Å². The fourth-order valence-corrected chi connectivity index (χ4v) is 3.47. The number of amides is 2. The largest absolute Gasteiger partial charge is 0.573 e. The van der Waals surface area contributed by atoms with Gasteiger partial charge in [-0.3, -0.25) is 15.1 Å². The van der Waals surface area contributed by atoms with E-state index in [2.05, 4.69) is 30.2 Å². The van der Waals surface area contributed by atoms with Gasteiger partial charge in [-0.05, 0) is 44.6 Å². The molecule has 1 saturated heterocycles. The van der Waals surface area contributed by atoms with Crippen molar-refractivity contribution in [2.75, 3.05) is 54.8 Å². The van der Waals surface area contributed by atoms with E-state index in [-0.39, 0.29) is 11.6 Å². The van der Waals surface area contributed by atoms with Crippen LogP contribution in [0.4, 0.5) is 35.3 Å². The minimum Gasteiger partial charge on any atom is -0.404 e. The van der Waals surface area contributed by atoms with Crippen LogP contribution in [0.5, 0.6) is 5.75 Å². The Hall–Kier alpha value is -3.32. The molecule has 1 aliphatic heterocycles. The lowest BCUT2D eigenvalue weighted by atomic mass is 10.3. The zero-order chi connectivity index (χ0) is 23.8. The molecule has 13 heteroatoms. The molecule has 0 aliphatic carbocycles. The van der Waals surface area contributed by atoms with Gasteiger partial charge in [0.25, 0.3) is 5.56 Å². The number of aromatic nitrogens is 2. The van der Waals surface area contributed by atoms with E-state index in [4.69, 9.17) is 5.73 Å². The third-order valence-corrected chi connectivity index (χ3v) is 4.98. The van der Waals surface area contributed by atoms with Crippen molar-refractivity contribution in [1.82, 2.24) is 14.9 Å². The number of hydrogen-bond donors (Lipinski definition) is 4. The van der Waals surface area contributed by atoms with Crippen molar-refractivity contribution in [3.05, 3.63) is 40.8 Å². The number of para-hydroxylation sites is 2.